The fourth-order valence-electron chi connectivity index (χ4n) is 6.54. The summed E-state index contributed by atoms with van der Waals surface area (Å²) in [6, 6.07) is 2.43. The van der Waals surface area contributed by atoms with Crippen LogP contribution in [0.15, 0.2) is 46.8 Å². The Balaban J connectivity index is 1.07. The minimum absolute atomic E-state index is 0.0209. The lowest BCUT2D eigenvalue weighted by molar-refractivity contribution is -0.0633. The van der Waals surface area contributed by atoms with Crippen LogP contribution in [0.5, 0.6) is 0 Å². The van der Waals surface area contributed by atoms with E-state index < -0.39 is 120 Å². The van der Waals surface area contributed by atoms with Gasteiger partial charge in [0.15, 0.2) is 30.1 Å². The van der Waals surface area contributed by atoms with Gasteiger partial charge in [-0.1, -0.05) is 0 Å². The lowest BCUT2D eigenvalue weighted by Gasteiger charge is -2.25. The molecule has 4 aromatic rings. The van der Waals surface area contributed by atoms with Crippen LogP contribution in [0.1, 0.15) is 18.7 Å². The third kappa shape index (κ3) is 8.63. The highest BCUT2D eigenvalue weighted by Crippen LogP contribution is 2.52. The molecule has 3 aliphatic rings. The van der Waals surface area contributed by atoms with E-state index in [0.717, 1.165) is 38.7 Å². The van der Waals surface area contributed by atoms with Crippen LogP contribution in [0.2, 0.25) is 0 Å². The van der Waals surface area contributed by atoms with Gasteiger partial charge in [-0.15, -0.1) is 0 Å². The van der Waals surface area contributed by atoms with Gasteiger partial charge in [0.2, 0.25) is 0 Å². The summed E-state index contributed by atoms with van der Waals surface area (Å²) in [5, 5.41) is 53.4. The Morgan fingerprint density at radius 3 is 1.73 bits per heavy atom. The molecule has 3 fully saturated rings. The number of aromatic nitrogens is 8. The summed E-state index contributed by atoms with van der Waals surface area (Å²) in [4.78, 5) is 65.3. The molecule has 2 unspecified atom stereocenters. The number of aliphatic hydroxyl groups is 5. The molecular weight excluding hydrogens is 840 g/mol. The van der Waals surface area contributed by atoms with E-state index in [1.54, 1.807) is 0 Å². The van der Waals surface area contributed by atoms with Gasteiger partial charge in [-0.05, 0) is 12.1 Å². The number of ether oxygens (including phenoxy) is 3. The number of rotatable bonds is 14. The number of imidazole rings is 1. The average Bonchev–Trinajstić information content (AvgIpc) is 3.90. The largest absolute Gasteiger partial charge is 0.472 e. The van der Waals surface area contributed by atoms with Crippen LogP contribution in [0, 0.1) is 0 Å². The quantitative estimate of drug-likeness (QED) is 0.0531. The highest BCUT2D eigenvalue weighted by atomic mass is 31.2. The smallest absolute Gasteiger partial charge is 0.394 e. The Labute approximate surface area is 328 Å². The van der Waals surface area contributed by atoms with Gasteiger partial charge < -0.3 is 66.7 Å². The van der Waals surface area contributed by atoms with E-state index in [0.29, 0.717) is 0 Å². The molecule has 0 aromatic carbocycles. The maximum absolute atomic E-state index is 13.4. The third-order valence-electron chi connectivity index (χ3n) is 9.36. The van der Waals surface area contributed by atoms with Crippen molar-refractivity contribution in [3.05, 3.63) is 58.1 Å². The number of hydrogen-bond donors (Lipinski definition) is 10. The molecule has 0 amide bonds. The number of aliphatic hydroxyl groups excluding tert-OH is 5. The fraction of sp³-hybridized carbons (Fsp3) is 0.536. The molecule has 0 aliphatic carbocycles. The molecule has 0 radical (unpaired) electrons. The molecule has 0 spiro atoms. The molecule has 7 rings (SSSR count). The standard InChI is InChI=1S/C28H37N11O18P2/c29-13-1-3-37(27(45)35-13)24-17(42)16(41)11(54-24)6-51-58(47,48)57-21-12(55-26(19(21)44)39-9-34-15-22(31)32-8-33-23(15)39)7-52-59(49,50)56-20-10(5-40)53-25(18(20)43)38-4-2-14(30)36-28(38)46/h1-4,8-12,16-21,24-26,40-44H,5-7H2,(H,47,48)(H,49,50)(H2,29,35,45)(H2,30,36,46)(H2,31,32,33)/t10-,11-,12-,16-,17-,18-,19-,20-,21-,24-,25-,26-/m1/s1. The van der Waals surface area contributed by atoms with E-state index in [9.17, 15) is 54.0 Å². The van der Waals surface area contributed by atoms with E-state index in [4.69, 9.17) is 49.5 Å². The zero-order chi connectivity index (χ0) is 42.6. The summed E-state index contributed by atoms with van der Waals surface area (Å²) in [6.45, 7) is -2.85. The van der Waals surface area contributed by atoms with Gasteiger partial charge in [-0.25, -0.2) is 33.7 Å². The number of anilines is 3. The van der Waals surface area contributed by atoms with Crippen molar-refractivity contribution >= 4 is 44.3 Å². The van der Waals surface area contributed by atoms with Crippen molar-refractivity contribution < 1.29 is 76.8 Å². The zero-order valence-corrected chi connectivity index (χ0v) is 31.6. The second kappa shape index (κ2) is 16.6. The van der Waals surface area contributed by atoms with E-state index in [1.165, 1.54) is 12.1 Å². The molecule has 59 heavy (non-hydrogen) atoms. The first-order chi connectivity index (χ1) is 27.9. The topological polar surface area (TPSA) is 432 Å². The fourth-order valence-corrected chi connectivity index (χ4v) is 8.46. The molecule has 4 aromatic heterocycles. The molecule has 13 N–H and O–H groups in total. The monoisotopic (exact) mass is 877 g/mol. The number of phosphoric acid groups is 2. The first-order valence-corrected chi connectivity index (χ1v) is 20.1. The third-order valence-corrected chi connectivity index (χ3v) is 11.3. The van der Waals surface area contributed by atoms with Crippen molar-refractivity contribution in [3.63, 3.8) is 0 Å². The highest BCUT2D eigenvalue weighted by molar-refractivity contribution is 7.47. The molecule has 0 saturated carbocycles. The summed E-state index contributed by atoms with van der Waals surface area (Å²) >= 11 is 0. The number of phosphoric ester groups is 2. The van der Waals surface area contributed by atoms with Crippen LogP contribution >= 0.6 is 15.6 Å². The Bertz CT molecular complexity index is 2390. The van der Waals surface area contributed by atoms with Crippen LogP contribution in [0.4, 0.5) is 17.5 Å². The van der Waals surface area contributed by atoms with E-state index in [1.807, 2.05) is 0 Å². The SMILES string of the molecule is Nc1ccn([C@@H]2O[C@H](COP(=O)(O)O[C@H]3[C@@H](O)[C@H](n4cnc5c(N)ncnc54)O[C@@H]3COP(=O)(O)O[C@H]3[C@@H](O)[C@H](n4ccc(N)nc4=O)O[C@@H]3CO)[C@@H](O)[C@H]2O)c(=O)n1. The van der Waals surface area contributed by atoms with Gasteiger partial charge in [-0.3, -0.25) is 31.8 Å². The van der Waals surface area contributed by atoms with Crippen LogP contribution in [-0.4, -0.2) is 149 Å². The Kier molecular flexibility index (Phi) is 12.0. The molecule has 31 heteroatoms. The summed E-state index contributed by atoms with van der Waals surface area (Å²) in [5.41, 5.74) is 15.1. The van der Waals surface area contributed by atoms with Crippen molar-refractivity contribution in [2.24, 2.45) is 0 Å². The maximum atomic E-state index is 13.4. The molecule has 14 atom stereocenters. The summed E-state index contributed by atoms with van der Waals surface area (Å²) in [7, 11) is -10.7. The van der Waals surface area contributed by atoms with Gasteiger partial charge in [0, 0.05) is 12.4 Å². The van der Waals surface area contributed by atoms with Crippen molar-refractivity contribution in [2.45, 2.75) is 73.6 Å². The first kappa shape index (κ1) is 42.7. The lowest BCUT2D eigenvalue weighted by Crippen LogP contribution is -2.38. The number of fused-ring (bicyclic) bond motifs is 1. The van der Waals surface area contributed by atoms with Crippen LogP contribution in [0.3, 0.4) is 0 Å². The maximum Gasteiger partial charge on any atom is 0.472 e. The van der Waals surface area contributed by atoms with E-state index >= 15 is 0 Å². The van der Waals surface area contributed by atoms with Crippen molar-refractivity contribution in [3.8, 4) is 0 Å². The number of nitrogens with zero attached hydrogens (tertiary/aromatic N) is 8. The van der Waals surface area contributed by atoms with Crippen molar-refractivity contribution in [2.75, 3.05) is 37.0 Å². The molecule has 29 nitrogen and oxygen atoms in total. The van der Waals surface area contributed by atoms with Crippen LogP contribution in [-0.2, 0) is 41.4 Å². The van der Waals surface area contributed by atoms with Gasteiger partial charge >= 0.3 is 27.0 Å². The predicted octanol–water partition coefficient (Wildman–Crippen LogP) is -4.78. The van der Waals surface area contributed by atoms with Gasteiger partial charge in [0.05, 0.1) is 26.1 Å². The molecular formula is C28H37N11O18P2. The Morgan fingerprint density at radius 2 is 1.17 bits per heavy atom. The summed E-state index contributed by atoms with van der Waals surface area (Å²) in [6.07, 6.45) is -16.0. The number of hydrogen-bond acceptors (Lipinski definition) is 24. The second-order valence-electron chi connectivity index (χ2n) is 13.2. The second-order valence-corrected chi connectivity index (χ2v) is 16.0. The Morgan fingerprint density at radius 1 is 0.678 bits per heavy atom. The van der Waals surface area contributed by atoms with Gasteiger partial charge in [0.1, 0.15) is 78.4 Å². The first-order valence-electron chi connectivity index (χ1n) is 17.1. The van der Waals surface area contributed by atoms with Crippen molar-refractivity contribution in [1.29, 1.82) is 0 Å². The highest BCUT2D eigenvalue weighted by Gasteiger charge is 2.53. The average molecular weight is 878 g/mol. The van der Waals surface area contributed by atoms with E-state index in [2.05, 4.69) is 24.9 Å². The summed E-state index contributed by atoms with van der Waals surface area (Å²) in [5.74, 6) is -0.333. The molecule has 3 aliphatic heterocycles. The minimum atomic E-state index is -5.35. The molecule has 7 heterocycles. The number of nitrogens with two attached hydrogens (primary N) is 3. The normalized spacial score (nSPS) is 33.0. The minimum Gasteiger partial charge on any atom is -0.394 e. The zero-order valence-electron chi connectivity index (χ0n) is 29.8. The lowest BCUT2D eigenvalue weighted by atomic mass is 10.1. The van der Waals surface area contributed by atoms with E-state index in [-0.39, 0.29) is 28.6 Å². The van der Waals surface area contributed by atoms with Gasteiger partial charge in [0.25, 0.3) is 0 Å². The molecule has 3 saturated heterocycles. The number of nitrogen functional groups attached to an aromatic ring is 3. The predicted molar refractivity (Wildman–Crippen MR) is 190 cm³/mol. The van der Waals surface area contributed by atoms with Crippen LogP contribution < -0.4 is 28.6 Å². The summed E-state index contributed by atoms with van der Waals surface area (Å²) < 4.78 is 66.9. The van der Waals surface area contributed by atoms with Gasteiger partial charge in [-0.2, -0.15) is 9.97 Å². The Hall–Kier alpha value is -4.39. The molecule has 322 valence electrons. The van der Waals surface area contributed by atoms with Crippen LogP contribution in [0.25, 0.3) is 11.2 Å². The van der Waals surface area contributed by atoms with Crippen molar-refractivity contribution in [1.82, 2.24) is 38.6 Å². The molecule has 0 bridgehead atoms.